The van der Waals surface area contributed by atoms with Crippen molar-refractivity contribution in [2.45, 2.75) is 25.6 Å². The second-order valence-electron chi connectivity index (χ2n) is 5.14. The van der Waals surface area contributed by atoms with Crippen LogP contribution in [0.15, 0.2) is 41.0 Å². The zero-order chi connectivity index (χ0) is 15.9. The van der Waals surface area contributed by atoms with Gasteiger partial charge in [0.25, 0.3) is 0 Å². The Balaban J connectivity index is 2.14. The number of ether oxygens (including phenoxy) is 2. The van der Waals surface area contributed by atoms with Crippen LogP contribution >= 0.6 is 0 Å². The Morgan fingerprint density at radius 2 is 2.09 bits per heavy atom. The second-order valence-corrected chi connectivity index (χ2v) is 5.14. The van der Waals surface area contributed by atoms with Crippen molar-refractivity contribution in [1.82, 2.24) is 5.32 Å². The molecule has 2 rings (SSSR count). The molecule has 22 heavy (non-hydrogen) atoms. The molecule has 0 amide bonds. The average Bonchev–Trinajstić information content (AvgIpc) is 3.07. The molecule has 1 aromatic heterocycles. The minimum absolute atomic E-state index is 0.0288. The molecule has 2 N–H and O–H groups in total. The van der Waals surface area contributed by atoms with Gasteiger partial charge >= 0.3 is 0 Å². The summed E-state index contributed by atoms with van der Waals surface area (Å²) in [5, 5.41) is 12.9. The van der Waals surface area contributed by atoms with Gasteiger partial charge in [0, 0.05) is 18.7 Å². The summed E-state index contributed by atoms with van der Waals surface area (Å²) in [4.78, 5) is 0. The van der Waals surface area contributed by atoms with Gasteiger partial charge in [0.1, 0.15) is 11.5 Å². The predicted molar refractivity (Wildman–Crippen MR) is 83.8 cm³/mol. The summed E-state index contributed by atoms with van der Waals surface area (Å²) in [5.41, 5.74) is 2.09. The third-order valence-electron chi connectivity index (χ3n) is 3.62. The fraction of sp³-hybridized carbons (Fsp3) is 0.412. The number of methoxy groups -OCH3 is 2. The molecular weight excluding hydrogens is 282 g/mol. The summed E-state index contributed by atoms with van der Waals surface area (Å²) >= 11 is 0. The Labute approximate surface area is 130 Å². The first-order valence-electron chi connectivity index (χ1n) is 7.25. The van der Waals surface area contributed by atoms with E-state index in [2.05, 4.69) is 11.4 Å². The molecule has 0 fully saturated rings. The van der Waals surface area contributed by atoms with E-state index in [-0.39, 0.29) is 18.7 Å². The fourth-order valence-electron chi connectivity index (χ4n) is 2.45. The lowest BCUT2D eigenvalue weighted by molar-refractivity contribution is 0.181. The minimum Gasteiger partial charge on any atom is -0.496 e. The van der Waals surface area contributed by atoms with E-state index in [0.29, 0.717) is 6.61 Å². The number of hydrogen-bond acceptors (Lipinski definition) is 5. The maximum atomic E-state index is 9.55. The van der Waals surface area contributed by atoms with Crippen LogP contribution in [0.2, 0.25) is 0 Å². The van der Waals surface area contributed by atoms with Crippen LogP contribution < -0.4 is 10.1 Å². The van der Waals surface area contributed by atoms with Crippen LogP contribution in [0.3, 0.4) is 0 Å². The number of hydrogen-bond donors (Lipinski definition) is 2. The average molecular weight is 305 g/mol. The standard InChI is InChI=1S/C17H23NO4/c1-12(18-15(10-19)17-5-4-8-22-17)13-6-7-16(21-3)14(9-13)11-20-2/h4-9,12,15,18-19H,10-11H2,1-3H3. The molecule has 0 aliphatic rings. The van der Waals surface area contributed by atoms with E-state index in [4.69, 9.17) is 13.9 Å². The number of rotatable bonds is 8. The Hall–Kier alpha value is -1.82. The molecule has 2 unspecified atom stereocenters. The highest BCUT2D eigenvalue weighted by Crippen LogP contribution is 2.26. The highest BCUT2D eigenvalue weighted by molar-refractivity contribution is 5.38. The quantitative estimate of drug-likeness (QED) is 0.785. The van der Waals surface area contributed by atoms with Crippen LogP contribution in [-0.2, 0) is 11.3 Å². The van der Waals surface area contributed by atoms with E-state index in [0.717, 1.165) is 22.6 Å². The Kier molecular flexibility index (Phi) is 6.00. The molecule has 120 valence electrons. The molecule has 2 aromatic rings. The molecule has 5 heteroatoms. The van der Waals surface area contributed by atoms with Gasteiger partial charge in [-0.3, -0.25) is 5.32 Å². The van der Waals surface area contributed by atoms with Crippen molar-refractivity contribution >= 4 is 0 Å². The molecule has 5 nitrogen and oxygen atoms in total. The molecule has 0 aliphatic heterocycles. The van der Waals surface area contributed by atoms with E-state index in [1.807, 2.05) is 31.2 Å². The van der Waals surface area contributed by atoms with Gasteiger partial charge in [-0.1, -0.05) is 6.07 Å². The van der Waals surface area contributed by atoms with Gasteiger partial charge < -0.3 is 19.0 Å². The Bertz CT molecular complexity index is 568. The van der Waals surface area contributed by atoms with Crippen LogP contribution in [0.25, 0.3) is 0 Å². The van der Waals surface area contributed by atoms with E-state index in [1.54, 1.807) is 20.5 Å². The topological polar surface area (TPSA) is 63.9 Å². The van der Waals surface area contributed by atoms with E-state index < -0.39 is 0 Å². The van der Waals surface area contributed by atoms with Gasteiger partial charge in [0.05, 0.1) is 32.6 Å². The Morgan fingerprint density at radius 1 is 1.27 bits per heavy atom. The van der Waals surface area contributed by atoms with Crippen molar-refractivity contribution < 1.29 is 19.0 Å². The summed E-state index contributed by atoms with van der Waals surface area (Å²) in [6, 6.07) is 9.46. The SMILES string of the molecule is COCc1cc(C(C)NC(CO)c2ccco2)ccc1OC. The Morgan fingerprint density at radius 3 is 2.68 bits per heavy atom. The molecule has 0 spiro atoms. The van der Waals surface area contributed by atoms with Crippen LogP contribution in [0.1, 0.15) is 35.9 Å². The monoisotopic (exact) mass is 305 g/mol. The van der Waals surface area contributed by atoms with Crippen molar-refractivity contribution in [3.63, 3.8) is 0 Å². The number of furan rings is 1. The van der Waals surface area contributed by atoms with E-state index in [9.17, 15) is 5.11 Å². The van der Waals surface area contributed by atoms with Crippen molar-refractivity contribution in [2.75, 3.05) is 20.8 Å². The number of benzene rings is 1. The number of aliphatic hydroxyl groups is 1. The fourth-order valence-corrected chi connectivity index (χ4v) is 2.45. The first kappa shape index (κ1) is 16.5. The zero-order valence-corrected chi connectivity index (χ0v) is 13.2. The lowest BCUT2D eigenvalue weighted by Gasteiger charge is -2.21. The molecule has 1 heterocycles. The number of nitrogens with one attached hydrogen (secondary N) is 1. The molecule has 1 aromatic carbocycles. The van der Waals surface area contributed by atoms with E-state index in [1.165, 1.54) is 0 Å². The summed E-state index contributed by atoms with van der Waals surface area (Å²) in [6.07, 6.45) is 1.61. The van der Waals surface area contributed by atoms with Crippen LogP contribution in [0.4, 0.5) is 0 Å². The molecule has 0 radical (unpaired) electrons. The maximum Gasteiger partial charge on any atom is 0.124 e. The van der Waals surface area contributed by atoms with Crippen LogP contribution in [0.5, 0.6) is 5.75 Å². The van der Waals surface area contributed by atoms with Gasteiger partial charge in [0.2, 0.25) is 0 Å². The van der Waals surface area contributed by atoms with Crippen molar-refractivity contribution in [3.05, 3.63) is 53.5 Å². The molecule has 2 atom stereocenters. The van der Waals surface area contributed by atoms with Crippen LogP contribution in [0, 0.1) is 0 Å². The third-order valence-corrected chi connectivity index (χ3v) is 3.62. The first-order chi connectivity index (χ1) is 10.7. The van der Waals surface area contributed by atoms with Gasteiger partial charge in [-0.2, -0.15) is 0 Å². The highest BCUT2D eigenvalue weighted by Gasteiger charge is 2.17. The van der Waals surface area contributed by atoms with Gasteiger partial charge in [-0.25, -0.2) is 0 Å². The molecular formula is C17H23NO4. The molecule has 0 saturated heterocycles. The summed E-state index contributed by atoms with van der Waals surface area (Å²) in [5.74, 6) is 1.53. The second kappa shape index (κ2) is 7.98. The predicted octanol–water partition coefficient (Wildman–Crippen LogP) is 2.82. The highest BCUT2D eigenvalue weighted by atomic mass is 16.5. The minimum atomic E-state index is -0.238. The van der Waals surface area contributed by atoms with Gasteiger partial charge in [-0.15, -0.1) is 0 Å². The first-order valence-corrected chi connectivity index (χ1v) is 7.25. The van der Waals surface area contributed by atoms with Gasteiger partial charge in [0.15, 0.2) is 0 Å². The molecule has 0 aliphatic carbocycles. The zero-order valence-electron chi connectivity index (χ0n) is 13.2. The normalized spacial score (nSPS) is 13.8. The van der Waals surface area contributed by atoms with Crippen LogP contribution in [-0.4, -0.2) is 25.9 Å². The maximum absolute atomic E-state index is 9.55. The summed E-state index contributed by atoms with van der Waals surface area (Å²) in [7, 11) is 3.31. The third kappa shape index (κ3) is 3.88. The number of aliphatic hydroxyl groups excluding tert-OH is 1. The summed E-state index contributed by atoms with van der Waals surface area (Å²) in [6.45, 7) is 2.51. The molecule has 0 bridgehead atoms. The lowest BCUT2D eigenvalue weighted by atomic mass is 10.0. The van der Waals surface area contributed by atoms with Gasteiger partial charge in [-0.05, 0) is 36.8 Å². The smallest absolute Gasteiger partial charge is 0.124 e. The molecule has 0 saturated carbocycles. The van der Waals surface area contributed by atoms with Crippen molar-refractivity contribution in [2.24, 2.45) is 0 Å². The summed E-state index contributed by atoms with van der Waals surface area (Å²) < 4.78 is 15.9. The van der Waals surface area contributed by atoms with Crippen molar-refractivity contribution in [1.29, 1.82) is 0 Å². The lowest BCUT2D eigenvalue weighted by Crippen LogP contribution is -2.27. The largest absolute Gasteiger partial charge is 0.496 e. The van der Waals surface area contributed by atoms with E-state index >= 15 is 0 Å². The van der Waals surface area contributed by atoms with Crippen molar-refractivity contribution in [3.8, 4) is 5.75 Å².